The lowest BCUT2D eigenvalue weighted by Crippen LogP contribution is -2.46. The highest BCUT2D eigenvalue weighted by Crippen LogP contribution is 2.36. The number of fused-ring (bicyclic) bond motifs is 1. The minimum absolute atomic E-state index is 0.0764. The van der Waals surface area contributed by atoms with Gasteiger partial charge in [0.2, 0.25) is 0 Å². The Morgan fingerprint density at radius 1 is 1.14 bits per heavy atom. The second-order valence-electron chi connectivity index (χ2n) is 8.26. The summed E-state index contributed by atoms with van der Waals surface area (Å²) in [6.45, 7) is 6.23. The lowest BCUT2D eigenvalue weighted by atomic mass is 9.86. The molecule has 154 valence electrons. The molecule has 2 heterocycles. The molecule has 1 fully saturated rings. The van der Waals surface area contributed by atoms with Gasteiger partial charge < -0.3 is 10.6 Å². The number of thioether (sulfide) groups is 1. The molecule has 2 aliphatic rings. The van der Waals surface area contributed by atoms with E-state index in [1.54, 1.807) is 16.4 Å². The summed E-state index contributed by atoms with van der Waals surface area (Å²) in [5, 5.41) is 10.6. The van der Waals surface area contributed by atoms with Gasteiger partial charge in [0, 0.05) is 23.1 Å². The molecule has 1 saturated carbocycles. The van der Waals surface area contributed by atoms with Crippen molar-refractivity contribution in [2.75, 3.05) is 5.32 Å². The zero-order chi connectivity index (χ0) is 20.5. The molecule has 6 nitrogen and oxygen atoms in total. The number of carbonyl (C=O) groups excluding carboxylic acids is 2. The average molecular weight is 413 g/mol. The summed E-state index contributed by atoms with van der Waals surface area (Å²) in [7, 11) is 0. The summed E-state index contributed by atoms with van der Waals surface area (Å²) in [5.74, 6) is 1.46. The van der Waals surface area contributed by atoms with E-state index in [0.29, 0.717) is 11.7 Å². The number of benzene rings is 1. The van der Waals surface area contributed by atoms with Crippen LogP contribution in [0.25, 0.3) is 5.69 Å². The molecule has 1 aliphatic heterocycles. The van der Waals surface area contributed by atoms with Crippen LogP contribution in [0.1, 0.15) is 55.0 Å². The Morgan fingerprint density at radius 2 is 1.93 bits per heavy atom. The maximum atomic E-state index is 12.7. The number of aryl methyl sites for hydroxylation is 2. The summed E-state index contributed by atoms with van der Waals surface area (Å²) in [5.41, 5.74) is 5.17. The van der Waals surface area contributed by atoms with Gasteiger partial charge in [0.1, 0.15) is 5.82 Å². The highest BCUT2D eigenvalue weighted by Gasteiger charge is 2.29. The summed E-state index contributed by atoms with van der Waals surface area (Å²) in [6.07, 6.45) is 4.32. The largest absolute Gasteiger partial charge is 0.345 e. The first kappa shape index (κ1) is 20.0. The summed E-state index contributed by atoms with van der Waals surface area (Å²) >= 11 is 1.77. The lowest BCUT2D eigenvalue weighted by molar-refractivity contribution is -0.137. The molecule has 0 unspecified atom stereocenters. The van der Waals surface area contributed by atoms with Gasteiger partial charge >= 0.3 is 11.8 Å². The first-order valence-corrected chi connectivity index (χ1v) is 11.5. The zero-order valence-corrected chi connectivity index (χ0v) is 18.1. The summed E-state index contributed by atoms with van der Waals surface area (Å²) < 4.78 is 1.79. The molecule has 29 heavy (non-hydrogen) atoms. The SMILES string of the molecule is Cc1ccc(-n2nc3c(c2NC(=O)C(=O)N[C@H]2CCCC[C@@H]2C)CSC3)c(C)c1. The third kappa shape index (κ3) is 4.06. The molecule has 1 aromatic heterocycles. The molecular formula is C22H28N4O2S. The smallest absolute Gasteiger partial charge is 0.314 e. The number of carbonyl (C=O) groups is 2. The van der Waals surface area contributed by atoms with Gasteiger partial charge in [-0.25, -0.2) is 4.68 Å². The third-order valence-electron chi connectivity index (χ3n) is 6.00. The number of nitrogens with one attached hydrogen (secondary N) is 2. The number of hydrogen-bond acceptors (Lipinski definition) is 4. The molecular weight excluding hydrogens is 384 g/mol. The van der Waals surface area contributed by atoms with E-state index >= 15 is 0 Å². The van der Waals surface area contributed by atoms with Crippen molar-refractivity contribution in [1.29, 1.82) is 0 Å². The molecule has 2 N–H and O–H groups in total. The standard InChI is InChI=1S/C22H28N4O2S/c1-13-8-9-19(15(3)10-13)26-20(16-11-29-12-18(16)25-26)24-22(28)21(27)23-17-7-5-4-6-14(17)2/h8-10,14,17H,4-7,11-12H2,1-3H3,(H,23,27)(H,24,28)/t14-,17-/m0/s1. The minimum Gasteiger partial charge on any atom is -0.345 e. The summed E-state index contributed by atoms with van der Waals surface area (Å²) in [6, 6.07) is 6.22. The van der Waals surface area contributed by atoms with Gasteiger partial charge in [-0.15, -0.1) is 0 Å². The Hall–Kier alpha value is -2.28. The van der Waals surface area contributed by atoms with E-state index in [-0.39, 0.29) is 6.04 Å². The lowest BCUT2D eigenvalue weighted by Gasteiger charge is -2.29. The van der Waals surface area contributed by atoms with Crippen molar-refractivity contribution in [3.8, 4) is 5.69 Å². The van der Waals surface area contributed by atoms with Gasteiger partial charge in [0.15, 0.2) is 0 Å². The molecule has 1 aliphatic carbocycles. The molecule has 4 rings (SSSR count). The van der Waals surface area contributed by atoms with Crippen molar-refractivity contribution in [2.45, 2.75) is 64.0 Å². The first-order valence-electron chi connectivity index (χ1n) is 10.3. The van der Waals surface area contributed by atoms with Crippen LogP contribution < -0.4 is 10.6 Å². The Kier molecular flexibility index (Phi) is 5.67. The topological polar surface area (TPSA) is 76.0 Å². The zero-order valence-electron chi connectivity index (χ0n) is 17.2. The van der Waals surface area contributed by atoms with Gasteiger partial charge in [0.25, 0.3) is 0 Å². The molecule has 2 atom stereocenters. The molecule has 2 amide bonds. The van der Waals surface area contributed by atoms with E-state index in [9.17, 15) is 9.59 Å². The Morgan fingerprint density at radius 3 is 2.69 bits per heavy atom. The predicted octanol–water partition coefficient (Wildman–Crippen LogP) is 3.87. The third-order valence-corrected chi connectivity index (χ3v) is 6.97. The van der Waals surface area contributed by atoms with Gasteiger partial charge in [-0.05, 0) is 44.2 Å². The van der Waals surface area contributed by atoms with Gasteiger partial charge in [0.05, 0.1) is 11.4 Å². The Labute approximate surface area is 175 Å². The average Bonchev–Trinajstić information content (AvgIpc) is 3.26. The van der Waals surface area contributed by atoms with Crippen molar-refractivity contribution in [3.05, 3.63) is 40.6 Å². The maximum absolute atomic E-state index is 12.7. The van der Waals surface area contributed by atoms with Gasteiger partial charge in [-0.1, -0.05) is 37.5 Å². The quantitative estimate of drug-likeness (QED) is 0.751. The van der Waals surface area contributed by atoms with E-state index in [2.05, 4.69) is 30.5 Å². The van der Waals surface area contributed by atoms with E-state index in [4.69, 9.17) is 5.10 Å². The van der Waals surface area contributed by atoms with Crippen LogP contribution in [0.5, 0.6) is 0 Å². The Balaban J connectivity index is 1.58. The molecule has 0 radical (unpaired) electrons. The van der Waals surface area contributed by atoms with Crippen molar-refractivity contribution in [2.24, 2.45) is 5.92 Å². The highest BCUT2D eigenvalue weighted by molar-refractivity contribution is 7.98. The minimum atomic E-state index is -0.617. The van der Waals surface area contributed by atoms with E-state index in [1.807, 2.05) is 19.1 Å². The number of amides is 2. The fraction of sp³-hybridized carbons (Fsp3) is 0.500. The van der Waals surface area contributed by atoms with E-state index < -0.39 is 11.8 Å². The van der Waals surface area contributed by atoms with Crippen LogP contribution in [-0.4, -0.2) is 27.6 Å². The van der Waals surface area contributed by atoms with Crippen LogP contribution in [-0.2, 0) is 21.1 Å². The molecule has 2 aromatic rings. The van der Waals surface area contributed by atoms with Crippen LogP contribution in [0.2, 0.25) is 0 Å². The van der Waals surface area contributed by atoms with Crippen LogP contribution in [0, 0.1) is 19.8 Å². The summed E-state index contributed by atoms with van der Waals surface area (Å²) in [4.78, 5) is 25.3. The maximum Gasteiger partial charge on any atom is 0.314 e. The molecule has 0 spiro atoms. The van der Waals surface area contributed by atoms with E-state index in [0.717, 1.165) is 53.3 Å². The number of nitrogens with zero attached hydrogens (tertiary/aromatic N) is 2. The second-order valence-corrected chi connectivity index (χ2v) is 9.25. The van der Waals surface area contributed by atoms with Crippen molar-refractivity contribution >= 4 is 29.4 Å². The van der Waals surface area contributed by atoms with Crippen LogP contribution in [0.3, 0.4) is 0 Å². The van der Waals surface area contributed by atoms with Crippen LogP contribution in [0.15, 0.2) is 18.2 Å². The number of hydrogen-bond donors (Lipinski definition) is 2. The van der Waals surface area contributed by atoms with Gasteiger partial charge in [-0.3, -0.25) is 9.59 Å². The number of aromatic nitrogens is 2. The van der Waals surface area contributed by atoms with Crippen molar-refractivity contribution in [3.63, 3.8) is 0 Å². The predicted molar refractivity (Wildman–Crippen MR) is 116 cm³/mol. The number of rotatable bonds is 3. The number of anilines is 1. The molecule has 1 aromatic carbocycles. The van der Waals surface area contributed by atoms with Crippen molar-refractivity contribution < 1.29 is 9.59 Å². The van der Waals surface area contributed by atoms with Crippen LogP contribution in [0.4, 0.5) is 5.82 Å². The normalized spacial score (nSPS) is 20.9. The fourth-order valence-electron chi connectivity index (χ4n) is 4.29. The van der Waals surface area contributed by atoms with Gasteiger partial charge in [-0.2, -0.15) is 16.9 Å². The molecule has 0 saturated heterocycles. The van der Waals surface area contributed by atoms with E-state index in [1.165, 1.54) is 12.0 Å². The fourth-order valence-corrected chi connectivity index (χ4v) is 5.32. The van der Waals surface area contributed by atoms with Crippen LogP contribution >= 0.6 is 11.8 Å². The molecule has 7 heteroatoms. The Bertz CT molecular complexity index is 953. The monoisotopic (exact) mass is 412 g/mol. The van der Waals surface area contributed by atoms with Crippen molar-refractivity contribution in [1.82, 2.24) is 15.1 Å². The highest BCUT2D eigenvalue weighted by atomic mass is 32.2. The first-order chi connectivity index (χ1) is 13.9. The second kappa shape index (κ2) is 8.22. The molecule has 0 bridgehead atoms.